The summed E-state index contributed by atoms with van der Waals surface area (Å²) >= 11 is 0. The van der Waals surface area contributed by atoms with Gasteiger partial charge in [0.15, 0.2) is 5.76 Å². The van der Waals surface area contributed by atoms with Crippen LogP contribution in [-0.2, 0) is 14.8 Å². The van der Waals surface area contributed by atoms with Crippen molar-refractivity contribution in [1.82, 2.24) is 14.8 Å². The Morgan fingerprint density at radius 3 is 2.23 bits per heavy atom. The number of aromatic nitrogens is 3. The van der Waals surface area contributed by atoms with E-state index in [-0.39, 0.29) is 24.7 Å². The predicted molar refractivity (Wildman–Crippen MR) is 137 cm³/mol. The van der Waals surface area contributed by atoms with E-state index in [4.69, 9.17) is 19.6 Å². The molecule has 0 aliphatic carbocycles. The number of hydrogen-bond donors (Lipinski definition) is 1. The molecule has 0 fully saturated rings. The highest BCUT2D eigenvalue weighted by Crippen LogP contribution is 2.40. The van der Waals surface area contributed by atoms with Gasteiger partial charge in [-0.25, -0.2) is 22.8 Å². The van der Waals surface area contributed by atoms with E-state index in [0.29, 0.717) is 28.7 Å². The maximum atomic E-state index is 13.5. The van der Waals surface area contributed by atoms with Crippen molar-refractivity contribution in [2.45, 2.75) is 6.42 Å². The van der Waals surface area contributed by atoms with Crippen molar-refractivity contribution in [2.75, 3.05) is 55.3 Å². The standard InChI is InChI=1S/C22H31N5O6S2/c1-31-16-8-6-9-17(32-2)20(16)27-21(18-10-7-13-33-18)24-25-22(27)26(12-15-34(3,4)5)35(29,30)14-11-19(23)28/h6-10,13H,11-12,14-15H2,1-5H3,(H2,23,28). The van der Waals surface area contributed by atoms with E-state index in [0.717, 1.165) is 0 Å². The Kier molecular flexibility index (Phi) is 8.00. The number of sulfonamides is 1. The minimum absolute atomic E-state index is 0.0207. The summed E-state index contributed by atoms with van der Waals surface area (Å²) in [5.74, 6) is 0.885. The van der Waals surface area contributed by atoms with E-state index in [1.54, 1.807) is 30.3 Å². The molecule has 13 heteroatoms. The van der Waals surface area contributed by atoms with Gasteiger partial charge in [-0.3, -0.25) is 9.36 Å². The predicted octanol–water partition coefficient (Wildman–Crippen LogP) is 2.25. The molecule has 0 bridgehead atoms. The van der Waals surface area contributed by atoms with E-state index in [2.05, 4.69) is 29.0 Å². The second-order valence-corrected chi connectivity index (χ2v) is 15.1. The highest BCUT2D eigenvalue weighted by molar-refractivity contribution is 8.32. The molecule has 35 heavy (non-hydrogen) atoms. The molecule has 0 atom stereocenters. The van der Waals surface area contributed by atoms with Crippen LogP contribution in [0.2, 0.25) is 0 Å². The molecule has 0 aliphatic rings. The van der Waals surface area contributed by atoms with Crippen molar-refractivity contribution in [3.63, 3.8) is 0 Å². The fourth-order valence-electron chi connectivity index (χ4n) is 3.32. The van der Waals surface area contributed by atoms with E-state index in [1.807, 2.05) is 0 Å². The molecule has 0 aliphatic heterocycles. The molecule has 11 nitrogen and oxygen atoms in total. The monoisotopic (exact) mass is 525 g/mol. The van der Waals surface area contributed by atoms with E-state index in [1.165, 1.54) is 29.4 Å². The number of nitrogens with two attached hydrogens (primary N) is 1. The molecule has 1 amide bonds. The first kappa shape index (κ1) is 26.4. The largest absolute Gasteiger partial charge is 0.494 e. The summed E-state index contributed by atoms with van der Waals surface area (Å²) in [6.45, 7) is 0.133. The third kappa shape index (κ3) is 6.09. The number of amides is 1. The van der Waals surface area contributed by atoms with Gasteiger partial charge >= 0.3 is 0 Å². The lowest BCUT2D eigenvalue weighted by atomic mass is 10.2. The molecule has 1 aromatic carbocycles. The van der Waals surface area contributed by atoms with Gasteiger partial charge in [-0.15, -0.1) is 10.2 Å². The minimum atomic E-state index is -4.01. The Morgan fingerprint density at radius 1 is 1.06 bits per heavy atom. The van der Waals surface area contributed by atoms with Crippen molar-refractivity contribution in [1.29, 1.82) is 0 Å². The van der Waals surface area contributed by atoms with Crippen LogP contribution in [0.25, 0.3) is 17.3 Å². The summed E-state index contributed by atoms with van der Waals surface area (Å²) in [6.07, 6.45) is 7.42. The Hall–Kier alpha value is -3.19. The molecule has 0 unspecified atom stereocenters. The first-order chi connectivity index (χ1) is 16.5. The number of carbonyl (C=O) groups is 1. The lowest BCUT2D eigenvalue weighted by molar-refractivity contribution is -0.117. The third-order valence-corrected chi connectivity index (χ3v) is 8.23. The lowest BCUT2D eigenvalue weighted by Gasteiger charge is -2.30. The number of furan rings is 1. The first-order valence-electron chi connectivity index (χ1n) is 10.6. The maximum Gasteiger partial charge on any atom is 0.246 e. The lowest BCUT2D eigenvalue weighted by Crippen LogP contribution is -2.39. The minimum Gasteiger partial charge on any atom is -0.494 e. The Morgan fingerprint density at radius 2 is 1.71 bits per heavy atom. The normalized spacial score (nSPS) is 12.4. The number of carbonyl (C=O) groups excluding carboxylic acids is 1. The summed E-state index contributed by atoms with van der Waals surface area (Å²) in [7, 11) is -2.09. The summed E-state index contributed by atoms with van der Waals surface area (Å²) in [5.41, 5.74) is 5.66. The van der Waals surface area contributed by atoms with Gasteiger partial charge in [0.1, 0.15) is 17.2 Å². The third-order valence-electron chi connectivity index (χ3n) is 5.08. The van der Waals surface area contributed by atoms with Gasteiger partial charge in [-0.1, -0.05) is 6.07 Å². The van der Waals surface area contributed by atoms with Gasteiger partial charge in [-0.05, 0) is 48.8 Å². The molecule has 0 saturated carbocycles. The SMILES string of the molecule is COc1cccc(OC)c1-n1c(-c2ccco2)nnc1N(CCS(C)(C)C)S(=O)(=O)CCC(N)=O. The molecule has 2 heterocycles. The number of nitrogens with zero attached hydrogens (tertiary/aromatic N) is 4. The molecule has 192 valence electrons. The number of ether oxygens (including phenoxy) is 2. The van der Waals surface area contributed by atoms with Gasteiger partial charge < -0.3 is 19.6 Å². The number of primary amides is 1. The van der Waals surface area contributed by atoms with Gasteiger partial charge in [0, 0.05) is 13.0 Å². The molecule has 3 rings (SSSR count). The average Bonchev–Trinajstić information content (AvgIpc) is 3.46. The average molecular weight is 526 g/mol. The zero-order valence-electron chi connectivity index (χ0n) is 20.4. The van der Waals surface area contributed by atoms with Crippen molar-refractivity contribution < 1.29 is 27.1 Å². The molecule has 2 aromatic heterocycles. The Bertz CT molecular complexity index is 1240. The fourth-order valence-corrected chi connectivity index (χ4v) is 5.58. The van der Waals surface area contributed by atoms with Crippen molar-refractivity contribution in [3.05, 3.63) is 36.6 Å². The molecular weight excluding hydrogens is 494 g/mol. The topological polar surface area (TPSA) is 143 Å². The van der Waals surface area contributed by atoms with Crippen LogP contribution in [0.1, 0.15) is 6.42 Å². The number of hydrogen-bond acceptors (Lipinski definition) is 8. The summed E-state index contributed by atoms with van der Waals surface area (Å²) < 4.78 is 46.5. The second kappa shape index (κ2) is 10.6. The number of rotatable bonds is 12. The smallest absolute Gasteiger partial charge is 0.246 e. The highest BCUT2D eigenvalue weighted by Gasteiger charge is 2.33. The summed E-state index contributed by atoms with van der Waals surface area (Å²) in [6, 6.07) is 8.58. The number of anilines is 1. The fraction of sp³-hybridized carbons (Fsp3) is 0.409. The number of para-hydroxylation sites is 1. The highest BCUT2D eigenvalue weighted by atomic mass is 32.3. The molecule has 2 N–H and O–H groups in total. The second-order valence-electron chi connectivity index (χ2n) is 8.55. The van der Waals surface area contributed by atoms with Gasteiger partial charge in [0.05, 0.1) is 26.2 Å². The maximum absolute atomic E-state index is 13.5. The summed E-state index contributed by atoms with van der Waals surface area (Å²) in [5, 5.41) is 8.55. The molecule has 3 aromatic rings. The Balaban J connectivity index is 2.30. The van der Waals surface area contributed by atoms with Crippen molar-refractivity contribution in [2.24, 2.45) is 5.73 Å². The van der Waals surface area contributed by atoms with Gasteiger partial charge in [0.25, 0.3) is 0 Å². The molecule has 0 saturated heterocycles. The van der Waals surface area contributed by atoms with Crippen LogP contribution in [-0.4, -0.2) is 80.1 Å². The van der Waals surface area contributed by atoms with Crippen LogP contribution in [0.4, 0.5) is 5.95 Å². The number of benzene rings is 1. The van der Waals surface area contributed by atoms with Crippen LogP contribution in [0.5, 0.6) is 11.5 Å². The van der Waals surface area contributed by atoms with E-state index >= 15 is 0 Å². The zero-order valence-corrected chi connectivity index (χ0v) is 22.1. The molecule has 0 radical (unpaired) electrons. The first-order valence-corrected chi connectivity index (χ1v) is 15.3. The van der Waals surface area contributed by atoms with Crippen LogP contribution >= 0.6 is 10.0 Å². The molecule has 0 spiro atoms. The summed E-state index contributed by atoms with van der Waals surface area (Å²) in [4.78, 5) is 11.4. The Labute approximate surface area is 206 Å². The van der Waals surface area contributed by atoms with Gasteiger partial charge in [0.2, 0.25) is 27.7 Å². The van der Waals surface area contributed by atoms with E-state index in [9.17, 15) is 13.2 Å². The van der Waals surface area contributed by atoms with Crippen LogP contribution < -0.4 is 19.5 Å². The van der Waals surface area contributed by atoms with Crippen molar-refractivity contribution in [3.8, 4) is 28.8 Å². The zero-order chi connectivity index (χ0) is 25.8. The van der Waals surface area contributed by atoms with Crippen LogP contribution in [0.15, 0.2) is 41.0 Å². The van der Waals surface area contributed by atoms with Crippen molar-refractivity contribution >= 4 is 31.9 Å². The molecular formula is C22H31N5O6S2. The van der Waals surface area contributed by atoms with Crippen LogP contribution in [0.3, 0.4) is 0 Å². The number of methoxy groups -OCH3 is 2. The quantitative estimate of drug-likeness (QED) is 0.379. The van der Waals surface area contributed by atoms with E-state index < -0.39 is 31.7 Å². The van der Waals surface area contributed by atoms with Crippen LogP contribution in [0, 0.1) is 0 Å². The van der Waals surface area contributed by atoms with Gasteiger partial charge in [-0.2, -0.15) is 0 Å².